The lowest BCUT2D eigenvalue weighted by Crippen LogP contribution is -2.51. The molecule has 1 heterocycles. The fourth-order valence-electron chi connectivity index (χ4n) is 3.83. The molecule has 2 aliphatic rings. The Hall–Kier alpha value is -2.86. The first-order valence-corrected chi connectivity index (χ1v) is 10.1. The van der Waals surface area contributed by atoms with Crippen molar-refractivity contribution < 1.29 is 14.4 Å². The van der Waals surface area contributed by atoms with E-state index in [4.69, 9.17) is 11.6 Å². The monoisotopic (exact) mass is 411 g/mol. The molecule has 0 radical (unpaired) electrons. The number of rotatable bonds is 2. The van der Waals surface area contributed by atoms with Gasteiger partial charge in [0.2, 0.25) is 0 Å². The summed E-state index contributed by atoms with van der Waals surface area (Å²) in [6.07, 6.45) is 1.65. The van der Waals surface area contributed by atoms with Crippen LogP contribution in [0, 0.1) is 0 Å². The van der Waals surface area contributed by atoms with Gasteiger partial charge >= 0.3 is 11.8 Å². The van der Waals surface area contributed by atoms with Crippen LogP contribution in [0.2, 0.25) is 5.02 Å². The van der Waals surface area contributed by atoms with Crippen LogP contribution in [0.25, 0.3) is 0 Å². The van der Waals surface area contributed by atoms with Crippen LogP contribution in [-0.4, -0.2) is 48.7 Å². The summed E-state index contributed by atoms with van der Waals surface area (Å²) in [5.41, 5.74) is 3.71. The Labute approximate surface area is 174 Å². The van der Waals surface area contributed by atoms with Crippen molar-refractivity contribution in [3.63, 3.8) is 0 Å². The Morgan fingerprint density at radius 2 is 1.62 bits per heavy atom. The van der Waals surface area contributed by atoms with Crippen LogP contribution < -0.4 is 10.2 Å². The summed E-state index contributed by atoms with van der Waals surface area (Å²) in [6, 6.07) is 13.1. The van der Waals surface area contributed by atoms with Crippen molar-refractivity contribution in [1.29, 1.82) is 0 Å². The Bertz CT molecular complexity index is 950. The molecule has 0 bridgehead atoms. The maximum absolute atomic E-state index is 12.6. The fraction of sp³-hybridized carbons (Fsp3) is 0.318. The van der Waals surface area contributed by atoms with E-state index in [9.17, 15) is 14.4 Å². The quantitative estimate of drug-likeness (QED) is 0.771. The minimum atomic E-state index is -0.628. The SMILES string of the molecule is O=C1CCc2cc(NC(=O)C(=O)N3CCN(c4ccc(Cl)cc4)CC3)ccc2C1. The van der Waals surface area contributed by atoms with Crippen LogP contribution in [0.3, 0.4) is 0 Å². The molecule has 1 aliphatic carbocycles. The second kappa shape index (κ2) is 8.25. The molecule has 4 rings (SSSR count). The molecule has 0 unspecified atom stereocenters. The maximum atomic E-state index is 12.6. The molecule has 150 valence electrons. The summed E-state index contributed by atoms with van der Waals surface area (Å²) in [5.74, 6) is -0.910. The van der Waals surface area contributed by atoms with Gasteiger partial charge in [0.15, 0.2) is 0 Å². The van der Waals surface area contributed by atoms with Gasteiger partial charge in [-0.15, -0.1) is 0 Å². The van der Waals surface area contributed by atoms with Gasteiger partial charge in [0.05, 0.1) is 0 Å². The molecule has 29 heavy (non-hydrogen) atoms. The Morgan fingerprint density at radius 1 is 0.897 bits per heavy atom. The largest absolute Gasteiger partial charge is 0.368 e. The molecule has 0 atom stereocenters. The Morgan fingerprint density at radius 3 is 2.34 bits per heavy atom. The van der Waals surface area contributed by atoms with E-state index in [2.05, 4.69) is 10.2 Å². The van der Waals surface area contributed by atoms with Crippen LogP contribution >= 0.6 is 11.6 Å². The van der Waals surface area contributed by atoms with E-state index in [1.54, 1.807) is 11.0 Å². The molecular formula is C22H22ClN3O3. The molecule has 0 aromatic heterocycles. The van der Waals surface area contributed by atoms with Crippen molar-refractivity contribution in [2.24, 2.45) is 0 Å². The van der Waals surface area contributed by atoms with Crippen LogP contribution in [0.4, 0.5) is 11.4 Å². The van der Waals surface area contributed by atoms with E-state index in [1.165, 1.54) is 0 Å². The number of fused-ring (bicyclic) bond motifs is 1. The molecule has 1 saturated heterocycles. The summed E-state index contributed by atoms with van der Waals surface area (Å²) in [4.78, 5) is 40.3. The second-order valence-corrected chi connectivity index (χ2v) is 7.85. The van der Waals surface area contributed by atoms with Gasteiger partial charge in [0, 0.05) is 55.4 Å². The summed E-state index contributed by atoms with van der Waals surface area (Å²) < 4.78 is 0. The van der Waals surface area contributed by atoms with Gasteiger partial charge in [0.25, 0.3) is 0 Å². The highest BCUT2D eigenvalue weighted by Crippen LogP contribution is 2.23. The fourth-order valence-corrected chi connectivity index (χ4v) is 3.96. The maximum Gasteiger partial charge on any atom is 0.313 e. The lowest BCUT2D eigenvalue weighted by molar-refractivity contribution is -0.143. The zero-order chi connectivity index (χ0) is 20.4. The number of aryl methyl sites for hydroxylation is 1. The van der Waals surface area contributed by atoms with Gasteiger partial charge in [-0.1, -0.05) is 17.7 Å². The molecule has 1 aliphatic heterocycles. The molecule has 6 nitrogen and oxygen atoms in total. The average Bonchev–Trinajstić information content (AvgIpc) is 2.74. The predicted octanol–water partition coefficient (Wildman–Crippen LogP) is 2.69. The normalized spacial score (nSPS) is 16.4. The number of piperazine rings is 1. The number of hydrogen-bond acceptors (Lipinski definition) is 4. The van der Waals surface area contributed by atoms with Crippen molar-refractivity contribution in [1.82, 2.24) is 4.90 Å². The summed E-state index contributed by atoms with van der Waals surface area (Å²) in [6.45, 7) is 2.30. The Kier molecular flexibility index (Phi) is 5.53. The number of benzene rings is 2. The number of anilines is 2. The molecule has 1 fully saturated rings. The topological polar surface area (TPSA) is 69.7 Å². The number of ketones is 1. The van der Waals surface area contributed by atoms with Gasteiger partial charge < -0.3 is 15.1 Å². The van der Waals surface area contributed by atoms with Crippen molar-refractivity contribution in [3.05, 3.63) is 58.6 Å². The van der Waals surface area contributed by atoms with Crippen LogP contribution in [0.15, 0.2) is 42.5 Å². The molecule has 2 aromatic carbocycles. The first-order chi connectivity index (χ1) is 14.0. The predicted molar refractivity (Wildman–Crippen MR) is 112 cm³/mol. The highest BCUT2D eigenvalue weighted by atomic mass is 35.5. The number of carbonyl (C=O) groups is 3. The standard InChI is InChI=1S/C22H22ClN3O3/c23-17-3-6-19(7-4-17)25-9-11-26(12-10-25)22(29)21(28)24-18-5-1-16-14-20(27)8-2-15(16)13-18/h1,3-7,13H,2,8-12,14H2,(H,24,28). The number of carbonyl (C=O) groups excluding carboxylic acids is 3. The van der Waals surface area contributed by atoms with Gasteiger partial charge in [-0.3, -0.25) is 14.4 Å². The number of nitrogens with one attached hydrogen (secondary N) is 1. The van der Waals surface area contributed by atoms with E-state index in [-0.39, 0.29) is 5.78 Å². The van der Waals surface area contributed by atoms with Crippen molar-refractivity contribution >= 4 is 40.6 Å². The lowest BCUT2D eigenvalue weighted by atomic mass is 9.90. The zero-order valence-corrected chi connectivity index (χ0v) is 16.7. The molecular weight excluding hydrogens is 390 g/mol. The first-order valence-electron chi connectivity index (χ1n) is 9.74. The highest BCUT2D eigenvalue weighted by Gasteiger charge is 2.26. The number of amides is 2. The van der Waals surface area contributed by atoms with Gasteiger partial charge in [-0.2, -0.15) is 0 Å². The first kappa shape index (κ1) is 19.5. The average molecular weight is 412 g/mol. The number of nitrogens with zero attached hydrogens (tertiary/aromatic N) is 2. The highest BCUT2D eigenvalue weighted by molar-refractivity contribution is 6.39. The molecule has 7 heteroatoms. The summed E-state index contributed by atoms with van der Waals surface area (Å²) in [5, 5.41) is 3.39. The summed E-state index contributed by atoms with van der Waals surface area (Å²) in [7, 11) is 0. The molecule has 0 spiro atoms. The lowest BCUT2D eigenvalue weighted by Gasteiger charge is -2.35. The van der Waals surface area contributed by atoms with Gasteiger partial charge in [-0.05, 0) is 53.9 Å². The van der Waals surface area contributed by atoms with Crippen LogP contribution in [0.1, 0.15) is 17.5 Å². The zero-order valence-electron chi connectivity index (χ0n) is 16.0. The molecule has 0 saturated carbocycles. The van der Waals surface area contributed by atoms with E-state index in [1.807, 2.05) is 36.4 Å². The van der Waals surface area contributed by atoms with Crippen LogP contribution in [0.5, 0.6) is 0 Å². The number of Topliss-reactive ketones (excluding diaryl/α,β-unsaturated/α-hetero) is 1. The van der Waals surface area contributed by atoms with Gasteiger partial charge in [-0.25, -0.2) is 0 Å². The van der Waals surface area contributed by atoms with Crippen molar-refractivity contribution in [2.75, 3.05) is 36.4 Å². The minimum Gasteiger partial charge on any atom is -0.368 e. The van der Waals surface area contributed by atoms with E-state index in [0.717, 1.165) is 16.8 Å². The third-order valence-electron chi connectivity index (χ3n) is 5.48. The third-order valence-corrected chi connectivity index (χ3v) is 5.73. The van der Waals surface area contributed by atoms with E-state index < -0.39 is 11.8 Å². The van der Waals surface area contributed by atoms with Crippen molar-refractivity contribution in [2.45, 2.75) is 19.3 Å². The third kappa shape index (κ3) is 4.43. The van der Waals surface area contributed by atoms with E-state index >= 15 is 0 Å². The van der Waals surface area contributed by atoms with Gasteiger partial charge in [0.1, 0.15) is 5.78 Å². The minimum absolute atomic E-state index is 0.238. The number of hydrogen-bond donors (Lipinski definition) is 1. The molecule has 1 N–H and O–H groups in total. The number of halogens is 1. The molecule has 2 amide bonds. The Balaban J connectivity index is 1.33. The smallest absolute Gasteiger partial charge is 0.313 e. The van der Waals surface area contributed by atoms with E-state index in [0.29, 0.717) is 56.2 Å². The van der Waals surface area contributed by atoms with Crippen LogP contribution in [-0.2, 0) is 27.2 Å². The van der Waals surface area contributed by atoms with Crippen molar-refractivity contribution in [3.8, 4) is 0 Å². The summed E-state index contributed by atoms with van der Waals surface area (Å²) >= 11 is 5.93. The molecule has 2 aromatic rings. The second-order valence-electron chi connectivity index (χ2n) is 7.41.